The van der Waals surface area contributed by atoms with Crippen molar-refractivity contribution in [3.05, 3.63) is 66.0 Å². The lowest BCUT2D eigenvalue weighted by Gasteiger charge is -2.25. The zero-order valence-corrected chi connectivity index (χ0v) is 18.6. The Hall–Kier alpha value is -2.70. The van der Waals surface area contributed by atoms with Gasteiger partial charge in [0.25, 0.3) is 0 Å². The highest BCUT2D eigenvalue weighted by Gasteiger charge is 2.23. The molecule has 166 valence electrons. The molecule has 0 bridgehead atoms. The topological polar surface area (TPSA) is 50.5 Å². The molecule has 0 saturated heterocycles. The number of halogens is 1. The number of benzene rings is 2. The number of hydrogen-bond donors (Lipinski definition) is 1. The van der Waals surface area contributed by atoms with E-state index >= 15 is 0 Å². The van der Waals surface area contributed by atoms with Gasteiger partial charge in [-0.25, -0.2) is 9.07 Å². The van der Waals surface area contributed by atoms with Crippen LogP contribution in [0.3, 0.4) is 0 Å². The molecule has 0 saturated carbocycles. The van der Waals surface area contributed by atoms with E-state index in [1.165, 1.54) is 6.07 Å². The van der Waals surface area contributed by atoms with Crippen LogP contribution >= 0.6 is 0 Å². The van der Waals surface area contributed by atoms with E-state index in [0.717, 1.165) is 42.6 Å². The van der Waals surface area contributed by atoms with Crippen molar-refractivity contribution in [1.29, 1.82) is 0 Å². The van der Waals surface area contributed by atoms with Crippen molar-refractivity contribution < 1.29 is 14.2 Å². The number of aliphatic hydroxyl groups is 1. The summed E-state index contributed by atoms with van der Waals surface area (Å²) in [6.45, 7) is 6.16. The average Bonchev–Trinajstić information content (AvgIpc) is 3.06. The molecule has 0 aliphatic rings. The van der Waals surface area contributed by atoms with Gasteiger partial charge in [-0.05, 0) is 31.5 Å². The van der Waals surface area contributed by atoms with Gasteiger partial charge in [-0.2, -0.15) is 5.10 Å². The minimum atomic E-state index is -0.417. The molecule has 3 rings (SSSR count). The Balaban J connectivity index is 2.00. The molecule has 3 aromatic rings. The second-order valence-electron chi connectivity index (χ2n) is 7.83. The molecular weight excluding hydrogens is 393 g/mol. The second kappa shape index (κ2) is 11.1. The Kier molecular flexibility index (Phi) is 8.20. The molecule has 2 aromatic carbocycles. The lowest BCUT2D eigenvalue weighted by Crippen LogP contribution is -2.32. The molecule has 0 aliphatic carbocycles. The van der Waals surface area contributed by atoms with E-state index in [9.17, 15) is 9.50 Å². The van der Waals surface area contributed by atoms with E-state index in [1.807, 2.05) is 37.4 Å². The second-order valence-corrected chi connectivity index (χ2v) is 7.83. The maximum absolute atomic E-state index is 14.3. The van der Waals surface area contributed by atoms with Crippen LogP contribution in [-0.4, -0.2) is 39.0 Å². The first-order valence-electron chi connectivity index (χ1n) is 11.0. The summed E-state index contributed by atoms with van der Waals surface area (Å²) in [5.41, 5.74) is 2.66. The van der Waals surface area contributed by atoms with E-state index in [0.29, 0.717) is 19.0 Å². The fraction of sp³-hybridized carbons (Fsp3) is 0.400. The highest BCUT2D eigenvalue weighted by atomic mass is 19.1. The van der Waals surface area contributed by atoms with Crippen molar-refractivity contribution in [2.75, 3.05) is 13.1 Å². The van der Waals surface area contributed by atoms with Crippen molar-refractivity contribution in [1.82, 2.24) is 14.7 Å². The number of aliphatic hydroxyl groups excluding tert-OH is 1. The molecule has 1 atom stereocenters. The molecule has 6 heteroatoms. The average molecular weight is 426 g/mol. The van der Waals surface area contributed by atoms with Crippen molar-refractivity contribution >= 4 is 0 Å². The fourth-order valence-electron chi connectivity index (χ4n) is 3.78. The van der Waals surface area contributed by atoms with E-state index in [4.69, 9.17) is 9.84 Å². The Morgan fingerprint density at radius 1 is 1.06 bits per heavy atom. The molecule has 0 unspecified atom stereocenters. The number of hydrogen-bond acceptors (Lipinski definition) is 4. The van der Waals surface area contributed by atoms with E-state index in [1.54, 1.807) is 22.9 Å². The third-order valence-corrected chi connectivity index (χ3v) is 5.19. The van der Waals surface area contributed by atoms with E-state index in [2.05, 4.69) is 18.7 Å². The molecule has 1 heterocycles. The smallest absolute Gasteiger partial charge is 0.222 e. The largest absolute Gasteiger partial charge is 0.436 e. The Bertz CT molecular complexity index is 959. The molecular formula is C25H32FN3O2. The Morgan fingerprint density at radius 2 is 1.77 bits per heavy atom. The summed E-state index contributed by atoms with van der Waals surface area (Å²) >= 11 is 0. The first-order valence-corrected chi connectivity index (χ1v) is 11.0. The zero-order chi connectivity index (χ0) is 22.2. The van der Waals surface area contributed by atoms with Gasteiger partial charge >= 0.3 is 0 Å². The highest BCUT2D eigenvalue weighted by molar-refractivity contribution is 5.65. The van der Waals surface area contributed by atoms with E-state index < -0.39 is 5.82 Å². The van der Waals surface area contributed by atoms with Gasteiger partial charge in [0, 0.05) is 25.7 Å². The molecule has 5 nitrogen and oxygen atoms in total. The number of nitrogens with zero attached hydrogens (tertiary/aromatic N) is 3. The number of para-hydroxylation sites is 1. The van der Waals surface area contributed by atoms with Crippen LogP contribution in [0.5, 0.6) is 11.6 Å². The normalized spacial score (nSPS) is 12.3. The van der Waals surface area contributed by atoms with Crippen LogP contribution < -0.4 is 4.74 Å². The van der Waals surface area contributed by atoms with Crippen LogP contribution in [-0.2, 0) is 13.6 Å². The van der Waals surface area contributed by atoms with Crippen LogP contribution in [0.4, 0.5) is 4.39 Å². The number of rotatable bonds is 11. The summed E-state index contributed by atoms with van der Waals surface area (Å²) in [7, 11) is 1.81. The van der Waals surface area contributed by atoms with Gasteiger partial charge in [0.2, 0.25) is 5.88 Å². The summed E-state index contributed by atoms with van der Waals surface area (Å²) < 4.78 is 22.0. The zero-order valence-electron chi connectivity index (χ0n) is 18.6. The number of aromatic nitrogens is 2. The van der Waals surface area contributed by atoms with Gasteiger partial charge in [0.1, 0.15) is 5.69 Å². The van der Waals surface area contributed by atoms with Crippen LogP contribution in [0.15, 0.2) is 54.6 Å². The van der Waals surface area contributed by atoms with E-state index in [-0.39, 0.29) is 11.9 Å². The fourth-order valence-corrected chi connectivity index (χ4v) is 3.78. The first-order chi connectivity index (χ1) is 15.0. The molecule has 1 aromatic heterocycles. The van der Waals surface area contributed by atoms with Crippen molar-refractivity contribution in [3.63, 3.8) is 0 Å². The van der Waals surface area contributed by atoms with Crippen molar-refractivity contribution in [2.24, 2.45) is 7.05 Å². The summed E-state index contributed by atoms with van der Waals surface area (Å²) in [6.07, 6.45) is 2.27. The first kappa shape index (κ1) is 23.0. The third-order valence-electron chi connectivity index (χ3n) is 5.19. The predicted octanol–water partition coefficient (Wildman–Crippen LogP) is 5.39. The highest BCUT2D eigenvalue weighted by Crippen LogP contribution is 2.35. The molecule has 1 N–H and O–H groups in total. The predicted molar refractivity (Wildman–Crippen MR) is 122 cm³/mol. The number of ether oxygens (including phenoxy) is 1. The third kappa shape index (κ3) is 5.93. The minimum Gasteiger partial charge on any atom is -0.436 e. The van der Waals surface area contributed by atoms with Gasteiger partial charge in [0.05, 0.1) is 11.7 Å². The molecule has 31 heavy (non-hydrogen) atoms. The molecule has 0 spiro atoms. The van der Waals surface area contributed by atoms with Gasteiger partial charge < -0.3 is 9.84 Å². The Labute approximate surface area is 184 Å². The monoisotopic (exact) mass is 425 g/mol. The maximum Gasteiger partial charge on any atom is 0.222 e. The van der Waals surface area contributed by atoms with Gasteiger partial charge in [-0.3, -0.25) is 4.90 Å². The standard InChI is InChI=1S/C25H32FN3O2/c1-4-11-20(30)17-29(16-5-2)18-21-24(19-12-7-6-8-13-19)27-28(3)25(21)31-23-15-10-9-14-22(23)26/h6-10,12-15,20,30H,4-5,11,16-18H2,1-3H3/t20-/m1/s1. The maximum atomic E-state index is 14.3. The SMILES string of the molecule is CCC[C@@H](O)CN(CCC)Cc1c(-c2ccccc2)nn(C)c1Oc1ccccc1F. The van der Waals surface area contributed by atoms with Crippen LogP contribution in [0.1, 0.15) is 38.7 Å². The Morgan fingerprint density at radius 3 is 2.45 bits per heavy atom. The molecule has 0 amide bonds. The lowest BCUT2D eigenvalue weighted by atomic mass is 10.1. The van der Waals surface area contributed by atoms with Crippen LogP contribution in [0.25, 0.3) is 11.3 Å². The van der Waals surface area contributed by atoms with Crippen molar-refractivity contribution in [3.8, 4) is 22.9 Å². The number of aryl methyl sites for hydroxylation is 1. The molecule has 0 radical (unpaired) electrons. The van der Waals surface area contributed by atoms with Crippen molar-refractivity contribution in [2.45, 2.75) is 45.8 Å². The van der Waals surface area contributed by atoms with Crippen LogP contribution in [0.2, 0.25) is 0 Å². The molecule has 0 aliphatic heterocycles. The summed E-state index contributed by atoms with van der Waals surface area (Å²) in [6, 6.07) is 16.3. The molecule has 0 fully saturated rings. The lowest BCUT2D eigenvalue weighted by molar-refractivity contribution is 0.100. The van der Waals surface area contributed by atoms with Gasteiger partial charge in [-0.15, -0.1) is 0 Å². The quantitative estimate of drug-likeness (QED) is 0.447. The summed E-state index contributed by atoms with van der Waals surface area (Å²) in [4.78, 5) is 2.22. The van der Waals surface area contributed by atoms with Gasteiger partial charge in [0.15, 0.2) is 11.6 Å². The minimum absolute atomic E-state index is 0.166. The summed E-state index contributed by atoms with van der Waals surface area (Å²) in [5.74, 6) is 0.258. The van der Waals surface area contributed by atoms with Crippen LogP contribution in [0, 0.1) is 5.82 Å². The summed E-state index contributed by atoms with van der Waals surface area (Å²) in [5, 5.41) is 15.1. The van der Waals surface area contributed by atoms with Gasteiger partial charge in [-0.1, -0.05) is 62.7 Å².